The lowest BCUT2D eigenvalue weighted by Gasteiger charge is -2.38. The Balaban J connectivity index is 1.65. The highest BCUT2D eigenvalue weighted by Gasteiger charge is 2.26. The average Bonchev–Trinajstić information content (AvgIpc) is 3.41. The number of urea groups is 1. The van der Waals surface area contributed by atoms with Gasteiger partial charge in [0.05, 0.1) is 13.2 Å². The van der Waals surface area contributed by atoms with Crippen molar-refractivity contribution >= 4 is 6.03 Å². The Morgan fingerprint density at radius 1 is 1.21 bits per heavy atom. The lowest BCUT2D eigenvalue weighted by Crippen LogP contribution is -2.49. The van der Waals surface area contributed by atoms with Crippen molar-refractivity contribution in [3.05, 3.63) is 29.8 Å². The van der Waals surface area contributed by atoms with Crippen molar-refractivity contribution in [2.24, 2.45) is 0 Å². The summed E-state index contributed by atoms with van der Waals surface area (Å²) < 4.78 is 5.26. The maximum absolute atomic E-state index is 12.0. The number of carbonyl (C=O) groups excluding carboxylic acids is 1. The first kappa shape index (κ1) is 17.0. The van der Waals surface area contributed by atoms with Crippen LogP contribution in [0.15, 0.2) is 24.3 Å². The number of methoxy groups -OCH3 is 1. The summed E-state index contributed by atoms with van der Waals surface area (Å²) in [7, 11) is 3.83. The summed E-state index contributed by atoms with van der Waals surface area (Å²) >= 11 is 0. The third kappa shape index (κ3) is 4.61. The number of nitrogens with zero attached hydrogens (tertiary/aromatic N) is 2. The van der Waals surface area contributed by atoms with Crippen LogP contribution in [0, 0.1) is 0 Å². The maximum Gasteiger partial charge on any atom is 0.315 e. The first-order valence-electron chi connectivity index (χ1n) is 8.76. The summed E-state index contributed by atoms with van der Waals surface area (Å²) in [4.78, 5) is 16.8. The normalized spacial score (nSPS) is 20.4. The second-order valence-electron chi connectivity index (χ2n) is 6.76. The highest BCUT2D eigenvalue weighted by atomic mass is 16.5. The van der Waals surface area contributed by atoms with Crippen molar-refractivity contribution in [2.75, 3.05) is 46.9 Å². The molecule has 0 spiro atoms. The second kappa shape index (κ2) is 7.85. The summed E-state index contributed by atoms with van der Waals surface area (Å²) in [5, 5.41) is 6.05. The van der Waals surface area contributed by atoms with Gasteiger partial charge >= 0.3 is 6.03 Å². The van der Waals surface area contributed by atoms with Gasteiger partial charge in [-0.3, -0.25) is 4.90 Å². The molecule has 1 aromatic carbocycles. The van der Waals surface area contributed by atoms with Gasteiger partial charge in [-0.15, -0.1) is 0 Å². The molecular formula is C18H28N4O2. The lowest BCUT2D eigenvalue weighted by atomic mass is 10.0. The number of hydrogen-bond donors (Lipinski definition) is 2. The molecule has 3 rings (SSSR count). The molecule has 1 aromatic rings. The van der Waals surface area contributed by atoms with Gasteiger partial charge in [-0.1, -0.05) is 12.1 Å². The van der Waals surface area contributed by atoms with E-state index in [9.17, 15) is 4.79 Å². The van der Waals surface area contributed by atoms with Gasteiger partial charge in [-0.2, -0.15) is 0 Å². The summed E-state index contributed by atoms with van der Waals surface area (Å²) in [6, 6.07) is 8.70. The van der Waals surface area contributed by atoms with Crippen molar-refractivity contribution in [3.8, 4) is 5.75 Å². The van der Waals surface area contributed by atoms with Gasteiger partial charge in [0, 0.05) is 38.8 Å². The van der Waals surface area contributed by atoms with Gasteiger partial charge in [0.25, 0.3) is 0 Å². The van der Waals surface area contributed by atoms with E-state index in [1.807, 2.05) is 12.1 Å². The van der Waals surface area contributed by atoms with Crippen molar-refractivity contribution in [3.63, 3.8) is 0 Å². The summed E-state index contributed by atoms with van der Waals surface area (Å²) in [5.74, 6) is 0.857. The molecule has 1 aliphatic carbocycles. The zero-order valence-electron chi connectivity index (χ0n) is 14.6. The second-order valence-corrected chi connectivity index (χ2v) is 6.76. The van der Waals surface area contributed by atoms with Gasteiger partial charge in [0.1, 0.15) is 5.75 Å². The molecule has 1 heterocycles. The highest BCUT2D eigenvalue weighted by Crippen LogP contribution is 2.24. The molecular weight excluding hydrogens is 304 g/mol. The van der Waals surface area contributed by atoms with E-state index in [0.717, 1.165) is 44.8 Å². The quantitative estimate of drug-likeness (QED) is 0.828. The summed E-state index contributed by atoms with van der Waals surface area (Å²) in [6.45, 7) is 4.76. The van der Waals surface area contributed by atoms with Gasteiger partial charge in [-0.05, 0) is 37.6 Å². The molecule has 1 atom stereocenters. The molecule has 2 aliphatic rings. The molecule has 24 heavy (non-hydrogen) atoms. The van der Waals surface area contributed by atoms with Crippen LogP contribution in [0.25, 0.3) is 0 Å². The molecule has 132 valence electrons. The largest absolute Gasteiger partial charge is 0.497 e. The number of nitrogens with one attached hydrogen (secondary N) is 2. The van der Waals surface area contributed by atoms with Crippen molar-refractivity contribution in [1.29, 1.82) is 0 Å². The molecule has 1 saturated heterocycles. The Bertz CT molecular complexity index is 536. The Kier molecular flexibility index (Phi) is 5.58. The van der Waals surface area contributed by atoms with Gasteiger partial charge in [0.15, 0.2) is 0 Å². The fourth-order valence-electron chi connectivity index (χ4n) is 3.07. The maximum atomic E-state index is 12.0. The molecule has 1 saturated carbocycles. The minimum atomic E-state index is -0.0508. The van der Waals surface area contributed by atoms with Gasteiger partial charge in [0.2, 0.25) is 0 Å². The first-order valence-corrected chi connectivity index (χ1v) is 8.76. The fourth-order valence-corrected chi connectivity index (χ4v) is 3.07. The molecule has 0 aromatic heterocycles. The third-order valence-electron chi connectivity index (χ3n) is 4.85. The van der Waals surface area contributed by atoms with E-state index in [-0.39, 0.29) is 12.1 Å². The highest BCUT2D eigenvalue weighted by molar-refractivity contribution is 5.74. The Morgan fingerprint density at radius 3 is 2.46 bits per heavy atom. The summed E-state index contributed by atoms with van der Waals surface area (Å²) in [5.41, 5.74) is 1.21. The fraction of sp³-hybridized carbons (Fsp3) is 0.611. The van der Waals surface area contributed by atoms with E-state index in [1.54, 1.807) is 7.11 Å². The molecule has 2 amide bonds. The van der Waals surface area contributed by atoms with Crippen molar-refractivity contribution < 1.29 is 9.53 Å². The third-order valence-corrected chi connectivity index (χ3v) is 4.85. The van der Waals surface area contributed by atoms with E-state index in [2.05, 4.69) is 39.6 Å². The number of carbonyl (C=O) groups is 1. The van der Waals surface area contributed by atoms with E-state index in [4.69, 9.17) is 4.74 Å². The van der Waals surface area contributed by atoms with Gasteiger partial charge in [-0.25, -0.2) is 4.79 Å². The van der Waals surface area contributed by atoms with E-state index >= 15 is 0 Å². The monoisotopic (exact) mass is 332 g/mol. The molecule has 6 heteroatoms. The van der Waals surface area contributed by atoms with Crippen LogP contribution < -0.4 is 15.4 Å². The SMILES string of the molecule is COc1ccc(C(CNC(=O)NC2CC2)N2CCN(C)CC2)cc1. The van der Waals surface area contributed by atoms with Crippen LogP contribution in [0.3, 0.4) is 0 Å². The Hall–Kier alpha value is -1.79. The number of piperazine rings is 1. The zero-order valence-corrected chi connectivity index (χ0v) is 14.6. The van der Waals surface area contributed by atoms with Crippen LogP contribution >= 0.6 is 0 Å². The smallest absolute Gasteiger partial charge is 0.315 e. The number of amides is 2. The predicted octanol–water partition coefficient (Wildman–Crippen LogP) is 1.45. The lowest BCUT2D eigenvalue weighted by molar-refractivity contribution is 0.111. The van der Waals surface area contributed by atoms with Crippen LogP contribution in [0.2, 0.25) is 0 Å². The van der Waals surface area contributed by atoms with Crippen LogP contribution in [0.5, 0.6) is 5.75 Å². The average molecular weight is 332 g/mol. The molecule has 1 unspecified atom stereocenters. The van der Waals surface area contributed by atoms with Crippen molar-refractivity contribution in [2.45, 2.75) is 24.9 Å². The molecule has 6 nitrogen and oxygen atoms in total. The summed E-state index contributed by atoms with van der Waals surface area (Å²) in [6.07, 6.45) is 2.21. The molecule has 0 bridgehead atoms. The van der Waals surface area contributed by atoms with Crippen molar-refractivity contribution in [1.82, 2.24) is 20.4 Å². The topological polar surface area (TPSA) is 56.8 Å². The van der Waals surface area contributed by atoms with E-state index in [0.29, 0.717) is 12.6 Å². The van der Waals surface area contributed by atoms with E-state index < -0.39 is 0 Å². The predicted molar refractivity (Wildman–Crippen MR) is 94.4 cm³/mol. The molecule has 1 aliphatic heterocycles. The van der Waals surface area contributed by atoms with Crippen LogP contribution in [-0.2, 0) is 0 Å². The van der Waals surface area contributed by atoms with E-state index in [1.165, 1.54) is 5.56 Å². The number of likely N-dealkylation sites (N-methyl/N-ethyl adjacent to an activating group) is 1. The minimum absolute atomic E-state index is 0.0508. The number of rotatable bonds is 6. The van der Waals surface area contributed by atoms with Crippen LogP contribution in [0.4, 0.5) is 4.79 Å². The number of benzene rings is 1. The number of hydrogen-bond acceptors (Lipinski definition) is 4. The molecule has 0 radical (unpaired) electrons. The zero-order chi connectivity index (χ0) is 16.9. The van der Waals surface area contributed by atoms with Gasteiger partial charge < -0.3 is 20.3 Å². The molecule has 2 N–H and O–H groups in total. The first-order chi connectivity index (χ1) is 11.7. The van der Waals surface area contributed by atoms with Crippen LogP contribution in [0.1, 0.15) is 24.4 Å². The van der Waals surface area contributed by atoms with Crippen LogP contribution in [-0.4, -0.2) is 68.8 Å². The minimum Gasteiger partial charge on any atom is -0.497 e. The Morgan fingerprint density at radius 2 is 1.88 bits per heavy atom. The molecule has 2 fully saturated rings. The Labute approximate surface area is 144 Å². The number of ether oxygens (including phenoxy) is 1. The standard InChI is InChI=1S/C18H28N4O2/c1-21-9-11-22(12-10-21)17(13-19-18(23)20-15-5-6-15)14-3-7-16(24-2)8-4-14/h3-4,7-8,15,17H,5-6,9-13H2,1-2H3,(H2,19,20,23).